The Kier molecular flexibility index (Phi) is 4.36. The number of carbonyl (C=O) groups is 1. The van der Waals surface area contributed by atoms with Gasteiger partial charge in [0.2, 0.25) is 5.91 Å². The van der Waals surface area contributed by atoms with Crippen molar-refractivity contribution >= 4 is 15.7 Å². The largest absolute Gasteiger partial charge is 0.354 e. The minimum absolute atomic E-state index is 0.0206. The summed E-state index contributed by atoms with van der Waals surface area (Å²) in [6.45, 7) is 1.52. The highest BCUT2D eigenvalue weighted by Crippen LogP contribution is 2.47. The summed E-state index contributed by atoms with van der Waals surface area (Å²) in [4.78, 5) is 14.9. The second kappa shape index (κ2) is 6.40. The van der Waals surface area contributed by atoms with Crippen molar-refractivity contribution < 1.29 is 13.2 Å². The third kappa shape index (κ3) is 3.47. The Labute approximate surface area is 149 Å². The quantitative estimate of drug-likeness (QED) is 0.862. The van der Waals surface area contributed by atoms with E-state index in [0.717, 1.165) is 32.2 Å². The maximum absolute atomic E-state index is 12.8. The molecule has 1 aromatic rings. The lowest BCUT2D eigenvalue weighted by molar-refractivity contribution is -0.126. The first-order valence-corrected chi connectivity index (χ1v) is 11.1. The Balaban J connectivity index is 1.38. The predicted octanol–water partition coefficient (Wildman–Crippen LogP) is 1.49. The number of hydrogen-bond donors (Lipinski definition) is 1. The van der Waals surface area contributed by atoms with Crippen molar-refractivity contribution in [2.45, 2.75) is 49.6 Å². The molecule has 2 saturated heterocycles. The number of carbonyl (C=O) groups excluding carboxylic acids is 1. The van der Waals surface area contributed by atoms with E-state index in [1.54, 1.807) is 0 Å². The van der Waals surface area contributed by atoms with Crippen LogP contribution in [0.2, 0.25) is 0 Å². The van der Waals surface area contributed by atoms with Crippen LogP contribution in [-0.4, -0.2) is 55.9 Å². The van der Waals surface area contributed by atoms with Crippen LogP contribution in [-0.2, 0) is 20.0 Å². The number of benzene rings is 1. The number of nitrogens with one attached hydrogen (secondary N) is 1. The van der Waals surface area contributed by atoms with Crippen LogP contribution in [0.15, 0.2) is 30.3 Å². The number of hydrogen-bond acceptors (Lipinski definition) is 4. The molecule has 3 aliphatic rings. The molecule has 2 atom stereocenters. The molecule has 1 aliphatic carbocycles. The van der Waals surface area contributed by atoms with E-state index in [1.807, 2.05) is 6.07 Å². The van der Waals surface area contributed by atoms with Gasteiger partial charge in [0.05, 0.1) is 17.5 Å². The SMILES string of the molecule is O=C(NCC1(c2ccccc2)CC1)[C@@H]1CCCN1[C@H]1CCS(=O)(=O)C1. The number of nitrogens with zero attached hydrogens (tertiary/aromatic N) is 1. The van der Waals surface area contributed by atoms with Gasteiger partial charge in [0.25, 0.3) is 0 Å². The molecular weight excluding hydrogens is 336 g/mol. The molecule has 136 valence electrons. The van der Waals surface area contributed by atoms with Gasteiger partial charge in [-0.1, -0.05) is 30.3 Å². The van der Waals surface area contributed by atoms with Gasteiger partial charge in [-0.25, -0.2) is 8.42 Å². The molecule has 1 saturated carbocycles. The van der Waals surface area contributed by atoms with E-state index in [-0.39, 0.29) is 34.9 Å². The van der Waals surface area contributed by atoms with E-state index in [0.29, 0.717) is 13.0 Å². The van der Waals surface area contributed by atoms with Crippen LogP contribution in [0.25, 0.3) is 0 Å². The summed E-state index contributed by atoms with van der Waals surface area (Å²) in [5, 5.41) is 3.17. The first kappa shape index (κ1) is 17.0. The molecule has 4 rings (SSSR count). The number of likely N-dealkylation sites (tertiary alicyclic amines) is 1. The lowest BCUT2D eigenvalue weighted by Gasteiger charge is -2.29. The zero-order chi connectivity index (χ0) is 17.5. The third-order valence-corrected chi connectivity index (χ3v) is 7.87. The van der Waals surface area contributed by atoms with Crippen LogP contribution in [0.4, 0.5) is 0 Å². The molecule has 0 spiro atoms. The number of amides is 1. The van der Waals surface area contributed by atoms with Crippen LogP contribution in [0.1, 0.15) is 37.7 Å². The van der Waals surface area contributed by atoms with Gasteiger partial charge in [0.15, 0.2) is 9.84 Å². The summed E-state index contributed by atoms with van der Waals surface area (Å²) >= 11 is 0. The lowest BCUT2D eigenvalue weighted by Crippen LogP contribution is -2.49. The summed E-state index contributed by atoms with van der Waals surface area (Å²) in [5.41, 5.74) is 1.41. The molecule has 0 unspecified atom stereocenters. The van der Waals surface area contributed by atoms with E-state index in [9.17, 15) is 13.2 Å². The summed E-state index contributed by atoms with van der Waals surface area (Å²) in [6.07, 6.45) is 4.71. The fraction of sp³-hybridized carbons (Fsp3) is 0.632. The Morgan fingerprint density at radius 2 is 1.96 bits per heavy atom. The fourth-order valence-corrected chi connectivity index (χ4v) is 6.17. The second-order valence-corrected chi connectivity index (χ2v) is 10.0. The molecule has 25 heavy (non-hydrogen) atoms. The summed E-state index contributed by atoms with van der Waals surface area (Å²) in [5.74, 6) is 0.550. The second-order valence-electron chi connectivity index (χ2n) is 7.82. The molecule has 2 heterocycles. The van der Waals surface area contributed by atoms with E-state index >= 15 is 0 Å². The Morgan fingerprint density at radius 3 is 2.60 bits per heavy atom. The van der Waals surface area contributed by atoms with Gasteiger partial charge in [-0.05, 0) is 44.2 Å². The zero-order valence-electron chi connectivity index (χ0n) is 14.5. The van der Waals surface area contributed by atoms with Gasteiger partial charge in [-0.15, -0.1) is 0 Å². The molecule has 3 fully saturated rings. The predicted molar refractivity (Wildman–Crippen MR) is 97.2 cm³/mol. The van der Waals surface area contributed by atoms with Crippen molar-refractivity contribution in [3.63, 3.8) is 0 Å². The first-order valence-electron chi connectivity index (χ1n) is 9.29. The highest BCUT2D eigenvalue weighted by Gasteiger charge is 2.45. The Bertz CT molecular complexity index is 743. The van der Waals surface area contributed by atoms with E-state index in [2.05, 4.69) is 34.5 Å². The standard InChI is InChI=1S/C19H26N2O3S/c22-18(20-14-19(9-10-19)15-5-2-1-3-6-15)17-7-4-11-21(17)16-8-12-25(23,24)13-16/h1-3,5-6,16-17H,4,7-14H2,(H,20,22)/t16-,17-/m0/s1. The maximum atomic E-state index is 12.8. The van der Waals surface area contributed by atoms with Gasteiger partial charge >= 0.3 is 0 Å². The lowest BCUT2D eigenvalue weighted by atomic mass is 9.96. The molecule has 1 amide bonds. The monoisotopic (exact) mass is 362 g/mol. The van der Waals surface area contributed by atoms with Crippen LogP contribution in [0.5, 0.6) is 0 Å². The molecule has 0 radical (unpaired) electrons. The maximum Gasteiger partial charge on any atom is 0.237 e. The van der Waals surface area contributed by atoms with Crippen LogP contribution in [0.3, 0.4) is 0 Å². The molecular formula is C19H26N2O3S. The van der Waals surface area contributed by atoms with Crippen molar-refractivity contribution in [3.05, 3.63) is 35.9 Å². The third-order valence-electron chi connectivity index (χ3n) is 6.11. The Hall–Kier alpha value is -1.40. The highest BCUT2D eigenvalue weighted by atomic mass is 32.2. The normalized spacial score (nSPS) is 30.2. The topological polar surface area (TPSA) is 66.5 Å². The van der Waals surface area contributed by atoms with Crippen molar-refractivity contribution in [1.29, 1.82) is 0 Å². The van der Waals surface area contributed by atoms with Crippen LogP contribution in [0, 0.1) is 0 Å². The first-order chi connectivity index (χ1) is 12.0. The molecule has 5 nitrogen and oxygen atoms in total. The Morgan fingerprint density at radius 1 is 1.20 bits per heavy atom. The van der Waals surface area contributed by atoms with E-state index in [4.69, 9.17) is 0 Å². The molecule has 1 aromatic carbocycles. The average molecular weight is 362 g/mol. The fourth-order valence-electron chi connectivity index (χ4n) is 4.43. The summed E-state index contributed by atoms with van der Waals surface area (Å²) in [7, 11) is -2.92. The minimum atomic E-state index is -2.92. The highest BCUT2D eigenvalue weighted by molar-refractivity contribution is 7.91. The molecule has 0 aromatic heterocycles. The average Bonchev–Trinajstić information content (AvgIpc) is 3.08. The number of rotatable bonds is 5. The van der Waals surface area contributed by atoms with E-state index < -0.39 is 9.84 Å². The van der Waals surface area contributed by atoms with Gasteiger partial charge in [0, 0.05) is 18.0 Å². The van der Waals surface area contributed by atoms with Gasteiger partial charge in [0.1, 0.15) is 0 Å². The molecule has 0 bridgehead atoms. The zero-order valence-corrected chi connectivity index (χ0v) is 15.3. The van der Waals surface area contributed by atoms with Crippen LogP contribution < -0.4 is 5.32 Å². The molecule has 2 aliphatic heterocycles. The van der Waals surface area contributed by atoms with E-state index in [1.165, 1.54) is 5.56 Å². The smallest absolute Gasteiger partial charge is 0.237 e. The summed E-state index contributed by atoms with van der Waals surface area (Å²) in [6, 6.07) is 10.3. The van der Waals surface area contributed by atoms with Crippen molar-refractivity contribution in [3.8, 4) is 0 Å². The summed E-state index contributed by atoms with van der Waals surface area (Å²) < 4.78 is 23.5. The van der Waals surface area contributed by atoms with Crippen molar-refractivity contribution in [1.82, 2.24) is 10.2 Å². The van der Waals surface area contributed by atoms with Gasteiger partial charge in [-0.3, -0.25) is 9.69 Å². The van der Waals surface area contributed by atoms with Gasteiger partial charge < -0.3 is 5.32 Å². The molecule has 1 N–H and O–H groups in total. The van der Waals surface area contributed by atoms with Crippen molar-refractivity contribution in [2.24, 2.45) is 0 Å². The number of sulfone groups is 1. The van der Waals surface area contributed by atoms with Crippen molar-refractivity contribution in [2.75, 3.05) is 24.6 Å². The van der Waals surface area contributed by atoms with Gasteiger partial charge in [-0.2, -0.15) is 0 Å². The minimum Gasteiger partial charge on any atom is -0.354 e. The van der Waals surface area contributed by atoms with Crippen LogP contribution >= 0.6 is 0 Å². The molecule has 6 heteroatoms.